The molecule has 0 N–H and O–H groups in total. The van der Waals surface area contributed by atoms with Crippen molar-refractivity contribution in [2.45, 2.75) is 80.8 Å². The Morgan fingerprint density at radius 2 is 1.54 bits per heavy atom. The van der Waals surface area contributed by atoms with Gasteiger partial charge in [0.25, 0.3) is 0 Å². The van der Waals surface area contributed by atoms with Crippen molar-refractivity contribution in [3.63, 3.8) is 0 Å². The zero-order valence-corrected chi connectivity index (χ0v) is 18.5. The molecule has 4 atom stereocenters. The first-order valence-corrected chi connectivity index (χ1v) is 11.2. The zero-order valence-electron chi connectivity index (χ0n) is 18.5. The molecule has 0 spiro atoms. The smallest absolute Gasteiger partial charge is 0.0663 e. The SMILES string of the molecule is CC(C)C1C2CC1(C(C)C)COC2C(C)(C)C12COCC(C(C)C)(C1)C2. The van der Waals surface area contributed by atoms with Crippen molar-refractivity contribution >= 4 is 0 Å². The lowest BCUT2D eigenvalue weighted by Crippen LogP contribution is -2.72. The van der Waals surface area contributed by atoms with Crippen LogP contribution in [-0.4, -0.2) is 25.9 Å². The van der Waals surface area contributed by atoms with Gasteiger partial charge in [0.15, 0.2) is 0 Å². The van der Waals surface area contributed by atoms with Crippen molar-refractivity contribution in [2.75, 3.05) is 19.8 Å². The van der Waals surface area contributed by atoms with Gasteiger partial charge in [-0.2, -0.15) is 0 Å². The van der Waals surface area contributed by atoms with E-state index in [4.69, 9.17) is 9.47 Å². The highest BCUT2D eigenvalue weighted by Gasteiger charge is 2.71. The molecule has 0 radical (unpaired) electrons. The first-order valence-electron chi connectivity index (χ1n) is 11.2. The van der Waals surface area contributed by atoms with Gasteiger partial charge in [-0.05, 0) is 65.1 Å². The maximum absolute atomic E-state index is 6.73. The standard InChI is InChI=1S/C24H42O2/c1-15(2)19-18-9-24(19,17(5)6)14-26-20(18)21(7,8)23-10-22(11-23,16(3)4)12-25-13-23/h15-20H,9-14H2,1-8H3. The van der Waals surface area contributed by atoms with Gasteiger partial charge in [-0.1, -0.05) is 55.4 Å². The summed E-state index contributed by atoms with van der Waals surface area (Å²) in [5.74, 6) is 3.78. The summed E-state index contributed by atoms with van der Waals surface area (Å²) in [6.07, 6.45) is 4.48. The molecule has 6 aliphatic rings. The third kappa shape index (κ3) is 2.18. The van der Waals surface area contributed by atoms with Crippen molar-refractivity contribution in [1.82, 2.24) is 0 Å². The molecule has 6 fully saturated rings. The molecule has 4 aliphatic heterocycles. The maximum atomic E-state index is 6.73. The topological polar surface area (TPSA) is 18.5 Å². The highest BCUT2D eigenvalue weighted by molar-refractivity contribution is 5.19. The van der Waals surface area contributed by atoms with Crippen LogP contribution in [0.25, 0.3) is 0 Å². The third-order valence-electron chi connectivity index (χ3n) is 9.98. The lowest BCUT2D eigenvalue weighted by molar-refractivity contribution is -0.329. The minimum absolute atomic E-state index is 0.202. The molecule has 2 saturated carbocycles. The van der Waals surface area contributed by atoms with Crippen molar-refractivity contribution in [1.29, 1.82) is 0 Å². The van der Waals surface area contributed by atoms with E-state index in [-0.39, 0.29) is 5.41 Å². The second kappa shape index (κ2) is 5.72. The van der Waals surface area contributed by atoms with Gasteiger partial charge in [-0.3, -0.25) is 0 Å². The van der Waals surface area contributed by atoms with Gasteiger partial charge in [0.05, 0.1) is 25.9 Å². The van der Waals surface area contributed by atoms with Crippen LogP contribution in [0.2, 0.25) is 0 Å². The number of fused-ring (bicyclic) bond motifs is 4. The number of hydrogen-bond acceptors (Lipinski definition) is 2. The molecule has 0 aromatic rings. The van der Waals surface area contributed by atoms with Crippen LogP contribution in [-0.2, 0) is 9.47 Å². The molecule has 0 aromatic carbocycles. The fourth-order valence-electron chi connectivity index (χ4n) is 7.94. The van der Waals surface area contributed by atoms with E-state index in [0.29, 0.717) is 22.3 Å². The molecule has 6 rings (SSSR count). The molecular formula is C24H42O2. The molecule has 0 aromatic heterocycles. The molecule has 2 heteroatoms. The summed E-state index contributed by atoms with van der Waals surface area (Å²) in [5.41, 5.74) is 1.40. The highest BCUT2D eigenvalue weighted by atomic mass is 16.5. The molecule has 4 saturated heterocycles. The van der Waals surface area contributed by atoms with E-state index in [1.807, 2.05) is 0 Å². The third-order valence-corrected chi connectivity index (χ3v) is 9.98. The lowest BCUT2D eigenvalue weighted by Gasteiger charge is -2.73. The minimum atomic E-state index is 0.202. The summed E-state index contributed by atoms with van der Waals surface area (Å²) in [6.45, 7) is 22.4. The summed E-state index contributed by atoms with van der Waals surface area (Å²) in [5, 5.41) is 0. The highest BCUT2D eigenvalue weighted by Crippen LogP contribution is 2.73. The van der Waals surface area contributed by atoms with Crippen LogP contribution in [0.3, 0.4) is 0 Å². The summed E-state index contributed by atoms with van der Waals surface area (Å²) in [6, 6.07) is 0. The van der Waals surface area contributed by atoms with Crippen molar-refractivity contribution < 1.29 is 9.47 Å². The van der Waals surface area contributed by atoms with Crippen molar-refractivity contribution in [2.24, 2.45) is 51.2 Å². The van der Waals surface area contributed by atoms with Crippen LogP contribution in [0.15, 0.2) is 0 Å². The molecule has 26 heavy (non-hydrogen) atoms. The number of rotatable bonds is 5. The Morgan fingerprint density at radius 1 is 0.885 bits per heavy atom. The lowest BCUT2D eigenvalue weighted by atomic mass is 9.36. The predicted octanol–water partition coefficient (Wildman–Crippen LogP) is 5.80. The second-order valence-electron chi connectivity index (χ2n) is 12.1. The van der Waals surface area contributed by atoms with E-state index in [1.165, 1.54) is 19.3 Å². The monoisotopic (exact) mass is 362 g/mol. The molecular weight excluding hydrogens is 320 g/mol. The van der Waals surface area contributed by atoms with E-state index in [9.17, 15) is 0 Å². The van der Waals surface area contributed by atoms with Crippen LogP contribution in [0.5, 0.6) is 0 Å². The summed E-state index contributed by atoms with van der Waals surface area (Å²) in [7, 11) is 0. The van der Waals surface area contributed by atoms with Crippen LogP contribution in [0.1, 0.15) is 74.7 Å². The predicted molar refractivity (Wildman–Crippen MR) is 107 cm³/mol. The summed E-state index contributed by atoms with van der Waals surface area (Å²) in [4.78, 5) is 0. The zero-order chi connectivity index (χ0) is 19.1. The Morgan fingerprint density at radius 3 is 2.04 bits per heavy atom. The minimum Gasteiger partial charge on any atom is -0.380 e. The first-order chi connectivity index (χ1) is 12.0. The summed E-state index contributed by atoms with van der Waals surface area (Å²) < 4.78 is 12.9. The van der Waals surface area contributed by atoms with Crippen molar-refractivity contribution in [3.8, 4) is 0 Å². The number of ether oxygens (including phenoxy) is 2. The van der Waals surface area contributed by atoms with E-state index in [2.05, 4.69) is 55.4 Å². The van der Waals surface area contributed by atoms with Gasteiger partial charge in [0, 0.05) is 5.41 Å². The summed E-state index contributed by atoms with van der Waals surface area (Å²) >= 11 is 0. The maximum Gasteiger partial charge on any atom is 0.0663 e. The molecule has 2 nitrogen and oxygen atoms in total. The van der Waals surface area contributed by atoms with E-state index >= 15 is 0 Å². The second-order valence-corrected chi connectivity index (χ2v) is 12.1. The Balaban J connectivity index is 1.58. The molecule has 2 aliphatic carbocycles. The average Bonchev–Trinajstić information content (AvgIpc) is 2.52. The quantitative estimate of drug-likeness (QED) is 0.615. The normalized spacial score (nSPS) is 47.9. The number of hydrogen-bond donors (Lipinski definition) is 0. The van der Waals surface area contributed by atoms with Crippen LogP contribution < -0.4 is 0 Å². The van der Waals surface area contributed by atoms with Crippen LogP contribution in [0, 0.1) is 51.2 Å². The van der Waals surface area contributed by atoms with Gasteiger partial charge in [-0.25, -0.2) is 0 Å². The van der Waals surface area contributed by atoms with E-state index in [1.54, 1.807) is 0 Å². The molecule has 150 valence electrons. The Labute approximate surface area is 161 Å². The Hall–Kier alpha value is -0.0800. The van der Waals surface area contributed by atoms with Crippen molar-refractivity contribution in [3.05, 3.63) is 0 Å². The Bertz CT molecular complexity index is 551. The van der Waals surface area contributed by atoms with Gasteiger partial charge in [-0.15, -0.1) is 0 Å². The molecule has 4 unspecified atom stereocenters. The van der Waals surface area contributed by atoms with Gasteiger partial charge < -0.3 is 9.47 Å². The fraction of sp³-hybridized carbons (Fsp3) is 1.00. The van der Waals surface area contributed by atoms with Gasteiger partial charge in [0.1, 0.15) is 0 Å². The first kappa shape index (κ1) is 19.2. The molecule has 4 bridgehead atoms. The molecule has 4 heterocycles. The van der Waals surface area contributed by atoms with Crippen LogP contribution >= 0.6 is 0 Å². The largest absolute Gasteiger partial charge is 0.380 e. The Kier molecular flexibility index (Phi) is 4.24. The van der Waals surface area contributed by atoms with Crippen LogP contribution in [0.4, 0.5) is 0 Å². The fourth-order valence-corrected chi connectivity index (χ4v) is 7.94. The average molecular weight is 363 g/mol. The van der Waals surface area contributed by atoms with E-state index < -0.39 is 0 Å². The molecule has 0 amide bonds. The van der Waals surface area contributed by atoms with E-state index in [0.717, 1.165) is 49.4 Å². The van der Waals surface area contributed by atoms with Gasteiger partial charge >= 0.3 is 0 Å². The van der Waals surface area contributed by atoms with Gasteiger partial charge in [0.2, 0.25) is 0 Å².